The number of likely N-dealkylation sites (tertiary alicyclic amines) is 1. The van der Waals surface area contributed by atoms with E-state index in [1.54, 1.807) is 7.05 Å². The van der Waals surface area contributed by atoms with Crippen molar-refractivity contribution < 1.29 is 4.79 Å². The van der Waals surface area contributed by atoms with Crippen molar-refractivity contribution in [1.29, 1.82) is 0 Å². The lowest BCUT2D eigenvalue weighted by atomic mass is 10.1. The highest BCUT2D eigenvalue weighted by Crippen LogP contribution is 2.14. The molecule has 0 unspecified atom stereocenters. The number of amides is 2. The number of benzene rings is 2. The van der Waals surface area contributed by atoms with Gasteiger partial charge in [-0.15, -0.1) is 24.0 Å². The number of urea groups is 1. The van der Waals surface area contributed by atoms with Crippen LogP contribution in [0.3, 0.4) is 0 Å². The minimum atomic E-state index is -0.0154. The maximum atomic E-state index is 12.3. The molecular weight excluding hydrogens is 477 g/mol. The molecule has 2 aromatic carbocycles. The van der Waals surface area contributed by atoms with Crippen molar-refractivity contribution in [3.63, 3.8) is 0 Å². The fourth-order valence-electron chi connectivity index (χ4n) is 3.28. The fraction of sp³-hybridized carbons (Fsp3) is 0.364. The normalized spacial score (nSPS) is 13.6. The third-order valence-corrected chi connectivity index (χ3v) is 4.96. The van der Waals surface area contributed by atoms with E-state index in [0.717, 1.165) is 49.7 Å². The average molecular weight is 507 g/mol. The Hall–Kier alpha value is -2.29. The Morgan fingerprint density at radius 2 is 1.76 bits per heavy atom. The van der Waals surface area contributed by atoms with Crippen molar-refractivity contribution in [2.24, 2.45) is 4.99 Å². The van der Waals surface area contributed by atoms with E-state index < -0.39 is 0 Å². The number of carbonyl (C=O) groups is 1. The van der Waals surface area contributed by atoms with Gasteiger partial charge < -0.3 is 20.9 Å². The molecule has 2 amide bonds. The van der Waals surface area contributed by atoms with Crippen molar-refractivity contribution in [1.82, 2.24) is 15.5 Å². The van der Waals surface area contributed by atoms with Crippen LogP contribution in [0.4, 0.5) is 10.5 Å². The molecule has 0 bridgehead atoms. The summed E-state index contributed by atoms with van der Waals surface area (Å²) in [6, 6.07) is 16.2. The van der Waals surface area contributed by atoms with Gasteiger partial charge >= 0.3 is 6.03 Å². The number of rotatable bonds is 5. The third-order valence-electron chi connectivity index (χ3n) is 4.96. The lowest BCUT2D eigenvalue weighted by Gasteiger charge is -2.17. The Labute approximate surface area is 190 Å². The van der Waals surface area contributed by atoms with Crippen LogP contribution in [0.1, 0.15) is 29.5 Å². The second-order valence-corrected chi connectivity index (χ2v) is 7.03. The van der Waals surface area contributed by atoms with E-state index in [1.165, 1.54) is 11.1 Å². The van der Waals surface area contributed by atoms with Crippen molar-refractivity contribution in [3.05, 3.63) is 65.2 Å². The average Bonchev–Trinajstić information content (AvgIpc) is 3.25. The highest BCUT2D eigenvalue weighted by atomic mass is 127. The Morgan fingerprint density at radius 1 is 1.03 bits per heavy atom. The van der Waals surface area contributed by atoms with Crippen LogP contribution in [-0.2, 0) is 13.1 Å². The van der Waals surface area contributed by atoms with Gasteiger partial charge in [0.05, 0.1) is 0 Å². The first-order chi connectivity index (χ1) is 13.7. The maximum Gasteiger partial charge on any atom is 0.321 e. The molecule has 1 saturated heterocycles. The Bertz CT molecular complexity index is 833. The van der Waals surface area contributed by atoms with Crippen LogP contribution < -0.4 is 16.0 Å². The first-order valence-electron chi connectivity index (χ1n) is 9.79. The van der Waals surface area contributed by atoms with Crippen LogP contribution in [0.15, 0.2) is 53.5 Å². The quantitative estimate of drug-likeness (QED) is 0.324. The first kappa shape index (κ1) is 23.0. The van der Waals surface area contributed by atoms with Crippen molar-refractivity contribution in [3.8, 4) is 0 Å². The largest absolute Gasteiger partial charge is 0.352 e. The number of aryl methyl sites for hydroxylation is 1. The molecule has 7 heteroatoms. The summed E-state index contributed by atoms with van der Waals surface area (Å²) in [5.74, 6) is 0.745. The summed E-state index contributed by atoms with van der Waals surface area (Å²) in [4.78, 5) is 18.4. The summed E-state index contributed by atoms with van der Waals surface area (Å²) >= 11 is 0. The predicted octanol–water partition coefficient (Wildman–Crippen LogP) is 4.11. The van der Waals surface area contributed by atoms with Crippen LogP contribution in [0.5, 0.6) is 0 Å². The number of guanidine groups is 1. The molecule has 0 aliphatic carbocycles. The summed E-state index contributed by atoms with van der Waals surface area (Å²) in [5.41, 5.74) is 4.40. The molecule has 0 saturated carbocycles. The topological polar surface area (TPSA) is 68.8 Å². The van der Waals surface area contributed by atoms with E-state index in [0.29, 0.717) is 6.54 Å². The summed E-state index contributed by atoms with van der Waals surface area (Å²) < 4.78 is 0. The van der Waals surface area contributed by atoms with Gasteiger partial charge in [-0.1, -0.05) is 36.4 Å². The zero-order chi connectivity index (χ0) is 19.8. The zero-order valence-corrected chi connectivity index (χ0v) is 19.4. The Balaban J connectivity index is 0.00000300. The molecule has 2 aromatic rings. The van der Waals surface area contributed by atoms with E-state index in [9.17, 15) is 4.79 Å². The standard InChI is InChI=1S/C22H29N5O.HI/c1-17-8-3-4-10-19(17)16-25-21(23-2)24-15-18-9-7-11-20(14-18)26-22(28)27-12-5-6-13-27;/h3-4,7-11,14H,5-6,12-13,15-16H2,1-2H3,(H,26,28)(H2,23,24,25);1H. The van der Waals surface area contributed by atoms with E-state index in [-0.39, 0.29) is 30.0 Å². The predicted molar refractivity (Wildman–Crippen MR) is 130 cm³/mol. The molecule has 1 aliphatic heterocycles. The number of anilines is 1. The molecule has 0 aromatic heterocycles. The SMILES string of the molecule is CN=C(NCc1cccc(NC(=O)N2CCCC2)c1)NCc1ccccc1C.I. The monoisotopic (exact) mass is 507 g/mol. The van der Waals surface area contributed by atoms with Crippen molar-refractivity contribution in [2.75, 3.05) is 25.5 Å². The second-order valence-electron chi connectivity index (χ2n) is 7.03. The number of hydrogen-bond donors (Lipinski definition) is 3. The van der Waals surface area contributed by atoms with Gasteiger partial charge in [-0.2, -0.15) is 0 Å². The number of hydrogen-bond acceptors (Lipinski definition) is 2. The molecule has 0 atom stereocenters. The van der Waals surface area contributed by atoms with Gasteiger partial charge in [-0.25, -0.2) is 4.79 Å². The number of nitrogens with one attached hydrogen (secondary N) is 3. The molecule has 6 nitrogen and oxygen atoms in total. The van der Waals surface area contributed by atoms with Gasteiger partial charge in [-0.3, -0.25) is 4.99 Å². The number of carbonyl (C=O) groups excluding carboxylic acids is 1. The molecule has 0 radical (unpaired) electrons. The van der Waals surface area contributed by atoms with Crippen LogP contribution in [-0.4, -0.2) is 37.0 Å². The van der Waals surface area contributed by atoms with E-state index in [4.69, 9.17) is 0 Å². The molecule has 0 spiro atoms. The molecule has 1 fully saturated rings. The van der Waals surface area contributed by atoms with Gasteiger partial charge in [0.2, 0.25) is 0 Å². The lowest BCUT2D eigenvalue weighted by molar-refractivity contribution is 0.222. The zero-order valence-electron chi connectivity index (χ0n) is 17.1. The first-order valence-corrected chi connectivity index (χ1v) is 9.79. The Kier molecular flexibility index (Phi) is 9.24. The molecule has 156 valence electrons. The Morgan fingerprint density at radius 3 is 2.48 bits per heavy atom. The van der Waals surface area contributed by atoms with Crippen LogP contribution in [0, 0.1) is 6.92 Å². The van der Waals surface area contributed by atoms with Crippen LogP contribution >= 0.6 is 24.0 Å². The summed E-state index contributed by atoms with van der Waals surface area (Å²) in [6.07, 6.45) is 2.18. The van der Waals surface area contributed by atoms with E-state index in [1.807, 2.05) is 41.3 Å². The highest BCUT2D eigenvalue weighted by molar-refractivity contribution is 14.0. The number of halogens is 1. The van der Waals surface area contributed by atoms with Gasteiger partial charge in [0, 0.05) is 38.9 Å². The van der Waals surface area contributed by atoms with Crippen LogP contribution in [0.2, 0.25) is 0 Å². The summed E-state index contributed by atoms with van der Waals surface area (Å²) in [7, 11) is 1.76. The van der Waals surface area contributed by atoms with Gasteiger partial charge in [0.15, 0.2) is 5.96 Å². The number of aliphatic imine (C=N–C) groups is 1. The molecule has 1 aliphatic rings. The molecule has 3 rings (SSSR count). The maximum absolute atomic E-state index is 12.3. The fourth-order valence-corrected chi connectivity index (χ4v) is 3.28. The minimum absolute atomic E-state index is 0. The van der Waals surface area contributed by atoms with E-state index in [2.05, 4.69) is 40.0 Å². The smallest absolute Gasteiger partial charge is 0.321 e. The van der Waals surface area contributed by atoms with Gasteiger partial charge in [0.1, 0.15) is 0 Å². The minimum Gasteiger partial charge on any atom is -0.352 e. The molecule has 3 N–H and O–H groups in total. The van der Waals surface area contributed by atoms with Crippen LogP contribution in [0.25, 0.3) is 0 Å². The van der Waals surface area contributed by atoms with Gasteiger partial charge in [0.25, 0.3) is 0 Å². The molecule has 29 heavy (non-hydrogen) atoms. The number of nitrogens with zero attached hydrogens (tertiary/aromatic N) is 2. The second kappa shape index (κ2) is 11.6. The summed E-state index contributed by atoms with van der Waals surface area (Å²) in [5, 5.41) is 9.66. The third kappa shape index (κ3) is 6.92. The van der Waals surface area contributed by atoms with E-state index >= 15 is 0 Å². The van der Waals surface area contributed by atoms with Gasteiger partial charge in [-0.05, 0) is 48.6 Å². The van der Waals surface area contributed by atoms with Crippen molar-refractivity contribution in [2.45, 2.75) is 32.9 Å². The lowest BCUT2D eigenvalue weighted by Crippen LogP contribution is -2.36. The van der Waals surface area contributed by atoms with Crippen molar-refractivity contribution >= 4 is 41.7 Å². The highest BCUT2D eigenvalue weighted by Gasteiger charge is 2.17. The summed E-state index contributed by atoms with van der Waals surface area (Å²) in [6.45, 7) is 5.14. The molecule has 1 heterocycles. The molecular formula is C22H30IN5O.